The van der Waals surface area contributed by atoms with E-state index in [0.717, 1.165) is 55.8 Å². The maximum Gasteiger partial charge on any atom is 0.322 e. The molecule has 1 heterocycles. The maximum atomic E-state index is 12.4. The molecular weight excluding hydrogens is 416 g/mol. The Hall–Kier alpha value is -2.00. The third-order valence-electron chi connectivity index (χ3n) is 6.06. The molecule has 4 heteroatoms. The van der Waals surface area contributed by atoms with Crippen LogP contribution in [0.2, 0.25) is 0 Å². The van der Waals surface area contributed by atoms with Gasteiger partial charge in [-0.2, -0.15) is 0 Å². The monoisotopic (exact) mass is 458 g/mol. The van der Waals surface area contributed by atoms with Crippen molar-refractivity contribution in [3.05, 3.63) is 64.7 Å². The Morgan fingerprint density at radius 1 is 1.19 bits per heavy atom. The fourth-order valence-electron chi connectivity index (χ4n) is 4.07. The molecule has 1 fully saturated rings. The number of nitrogens with one attached hydrogen (secondary N) is 1. The standard InChI is InChI=1S/C16H24N2O.C12H19Cl/c1-3-8-15-11-13(4-2)12-18(15)16(19)17-14-9-6-5-7-10-14;1-5-8-9-12(13)10(4)11(6-2)7-3/h5-7,9-10,13,15H,3-4,8,11-12H2,1-2H3,(H,17,19);6,8-9H,5,7H2,1-4H3/b;9-8+,11-6-,12-10+. The lowest BCUT2D eigenvalue weighted by Gasteiger charge is -2.24. The van der Waals surface area contributed by atoms with E-state index in [0.29, 0.717) is 12.0 Å². The Morgan fingerprint density at radius 3 is 2.41 bits per heavy atom. The van der Waals surface area contributed by atoms with Crippen molar-refractivity contribution >= 4 is 23.3 Å². The number of amides is 2. The number of urea groups is 1. The smallest absolute Gasteiger partial charge is 0.321 e. The SMILES string of the molecule is CCCC1CC(CC)CN1C(=O)Nc1ccccc1.C\C=C(CC)/C(C)=C(Cl)\C=C\CC. The summed E-state index contributed by atoms with van der Waals surface area (Å²) in [7, 11) is 0. The number of nitrogens with zero attached hydrogens (tertiary/aromatic N) is 1. The number of benzene rings is 1. The molecule has 1 aliphatic rings. The van der Waals surface area contributed by atoms with E-state index in [1.54, 1.807) is 0 Å². The van der Waals surface area contributed by atoms with Crippen LogP contribution in [0.3, 0.4) is 0 Å². The minimum absolute atomic E-state index is 0.0561. The number of anilines is 1. The van der Waals surface area contributed by atoms with Gasteiger partial charge in [0.2, 0.25) is 0 Å². The second-order valence-electron chi connectivity index (χ2n) is 8.35. The molecule has 2 rings (SSSR count). The van der Waals surface area contributed by atoms with Crippen molar-refractivity contribution in [1.82, 2.24) is 4.90 Å². The van der Waals surface area contributed by atoms with Gasteiger partial charge in [0, 0.05) is 23.3 Å². The highest BCUT2D eigenvalue weighted by Crippen LogP contribution is 2.29. The van der Waals surface area contributed by atoms with Crippen molar-refractivity contribution in [2.75, 3.05) is 11.9 Å². The number of rotatable bonds is 8. The Balaban J connectivity index is 0.000000347. The molecule has 1 N–H and O–H groups in total. The zero-order valence-corrected chi connectivity index (χ0v) is 21.7. The highest BCUT2D eigenvalue weighted by molar-refractivity contribution is 6.31. The average molecular weight is 459 g/mol. The molecule has 0 aliphatic carbocycles. The van der Waals surface area contributed by atoms with E-state index >= 15 is 0 Å². The van der Waals surface area contributed by atoms with Gasteiger partial charge in [-0.3, -0.25) is 0 Å². The van der Waals surface area contributed by atoms with Gasteiger partial charge in [-0.1, -0.05) is 82.5 Å². The van der Waals surface area contributed by atoms with Crippen LogP contribution in [0.15, 0.2) is 64.7 Å². The van der Waals surface area contributed by atoms with Crippen LogP contribution in [-0.2, 0) is 0 Å². The van der Waals surface area contributed by atoms with E-state index in [2.05, 4.69) is 59.0 Å². The van der Waals surface area contributed by atoms with Crippen LogP contribution in [-0.4, -0.2) is 23.5 Å². The molecule has 32 heavy (non-hydrogen) atoms. The molecule has 0 spiro atoms. The van der Waals surface area contributed by atoms with Crippen LogP contribution < -0.4 is 5.32 Å². The number of carbonyl (C=O) groups is 1. The largest absolute Gasteiger partial charge is 0.322 e. The molecule has 1 aliphatic heterocycles. The molecule has 178 valence electrons. The van der Waals surface area contributed by atoms with E-state index in [1.807, 2.05) is 41.3 Å². The molecule has 2 atom stereocenters. The number of allylic oxidation sites excluding steroid dienone is 6. The molecule has 0 saturated carbocycles. The van der Waals surface area contributed by atoms with Crippen LogP contribution in [0.1, 0.15) is 80.1 Å². The fraction of sp³-hybridized carbons (Fsp3) is 0.536. The lowest BCUT2D eigenvalue weighted by atomic mass is 10.0. The van der Waals surface area contributed by atoms with Crippen molar-refractivity contribution in [3.8, 4) is 0 Å². The number of hydrogen-bond acceptors (Lipinski definition) is 1. The predicted octanol–water partition coefficient (Wildman–Crippen LogP) is 8.94. The number of halogens is 1. The van der Waals surface area contributed by atoms with Gasteiger partial charge in [0.15, 0.2) is 0 Å². The van der Waals surface area contributed by atoms with Crippen LogP contribution in [0, 0.1) is 5.92 Å². The molecule has 0 radical (unpaired) electrons. The summed E-state index contributed by atoms with van der Waals surface area (Å²) < 4.78 is 0. The molecule has 1 saturated heterocycles. The maximum absolute atomic E-state index is 12.4. The van der Waals surface area contributed by atoms with Crippen LogP contribution in [0.5, 0.6) is 0 Å². The van der Waals surface area contributed by atoms with E-state index in [-0.39, 0.29) is 6.03 Å². The molecular formula is C28H43ClN2O. The number of hydrogen-bond donors (Lipinski definition) is 1. The quantitative estimate of drug-likeness (QED) is 0.387. The first-order chi connectivity index (χ1) is 15.4. The third-order valence-corrected chi connectivity index (χ3v) is 6.46. The Labute approximate surface area is 201 Å². The first-order valence-corrected chi connectivity index (χ1v) is 12.6. The average Bonchev–Trinajstić information content (AvgIpc) is 3.22. The lowest BCUT2D eigenvalue weighted by Crippen LogP contribution is -2.38. The van der Waals surface area contributed by atoms with Crippen LogP contribution in [0.25, 0.3) is 0 Å². The molecule has 3 nitrogen and oxygen atoms in total. The topological polar surface area (TPSA) is 32.3 Å². The van der Waals surface area contributed by atoms with E-state index < -0.39 is 0 Å². The van der Waals surface area contributed by atoms with Gasteiger partial charge in [0.05, 0.1) is 0 Å². The zero-order valence-electron chi connectivity index (χ0n) is 21.0. The molecule has 1 aromatic rings. The highest BCUT2D eigenvalue weighted by atomic mass is 35.5. The van der Waals surface area contributed by atoms with Crippen LogP contribution in [0.4, 0.5) is 10.5 Å². The normalized spacial score (nSPS) is 19.5. The minimum Gasteiger partial charge on any atom is -0.321 e. The summed E-state index contributed by atoms with van der Waals surface area (Å²) in [5.74, 6) is 0.665. The second-order valence-corrected chi connectivity index (χ2v) is 8.76. The van der Waals surface area contributed by atoms with E-state index in [9.17, 15) is 4.79 Å². The number of carbonyl (C=O) groups excluding carboxylic acids is 1. The van der Waals surface area contributed by atoms with Gasteiger partial charge in [-0.15, -0.1) is 0 Å². The van der Waals surface area contributed by atoms with Crippen molar-refractivity contribution < 1.29 is 4.79 Å². The van der Waals surface area contributed by atoms with Gasteiger partial charge < -0.3 is 10.2 Å². The summed E-state index contributed by atoms with van der Waals surface area (Å²) in [4.78, 5) is 14.4. The summed E-state index contributed by atoms with van der Waals surface area (Å²) >= 11 is 6.11. The molecule has 0 aromatic heterocycles. The van der Waals surface area contributed by atoms with Crippen molar-refractivity contribution in [1.29, 1.82) is 0 Å². The van der Waals surface area contributed by atoms with Gasteiger partial charge in [-0.25, -0.2) is 4.79 Å². The Bertz CT molecular complexity index is 767. The van der Waals surface area contributed by atoms with Gasteiger partial charge in [0.1, 0.15) is 0 Å². The molecule has 2 amide bonds. The zero-order chi connectivity index (χ0) is 23.9. The van der Waals surface area contributed by atoms with Crippen LogP contribution >= 0.6 is 11.6 Å². The third kappa shape index (κ3) is 9.24. The van der Waals surface area contributed by atoms with E-state index in [1.165, 1.54) is 11.1 Å². The van der Waals surface area contributed by atoms with Gasteiger partial charge >= 0.3 is 6.03 Å². The first-order valence-electron chi connectivity index (χ1n) is 12.2. The molecule has 2 unspecified atom stereocenters. The van der Waals surface area contributed by atoms with E-state index in [4.69, 9.17) is 11.6 Å². The molecule has 0 bridgehead atoms. The summed E-state index contributed by atoms with van der Waals surface area (Å²) in [5, 5.41) is 3.86. The Kier molecular flexibility index (Phi) is 13.8. The fourth-order valence-corrected chi connectivity index (χ4v) is 4.28. The highest BCUT2D eigenvalue weighted by Gasteiger charge is 2.33. The molecule has 1 aromatic carbocycles. The summed E-state index contributed by atoms with van der Waals surface area (Å²) in [6.07, 6.45) is 12.8. The summed E-state index contributed by atoms with van der Waals surface area (Å²) in [6, 6.07) is 10.2. The lowest BCUT2D eigenvalue weighted by molar-refractivity contribution is 0.202. The summed E-state index contributed by atoms with van der Waals surface area (Å²) in [6.45, 7) is 13.7. The first kappa shape index (κ1) is 28.0. The van der Waals surface area contributed by atoms with Gasteiger partial charge in [0.25, 0.3) is 0 Å². The summed E-state index contributed by atoms with van der Waals surface area (Å²) in [5.41, 5.74) is 3.39. The van der Waals surface area contributed by atoms with Crippen molar-refractivity contribution in [2.24, 2.45) is 5.92 Å². The van der Waals surface area contributed by atoms with Gasteiger partial charge in [-0.05, 0) is 74.8 Å². The predicted molar refractivity (Wildman–Crippen MR) is 141 cm³/mol. The van der Waals surface area contributed by atoms with Crippen molar-refractivity contribution in [3.63, 3.8) is 0 Å². The van der Waals surface area contributed by atoms with Crippen molar-refractivity contribution in [2.45, 2.75) is 86.1 Å². The Morgan fingerprint density at radius 2 is 1.88 bits per heavy atom. The number of para-hydroxylation sites is 1. The minimum atomic E-state index is 0.0561. The number of likely N-dealkylation sites (tertiary alicyclic amines) is 1. The second kappa shape index (κ2) is 15.7.